The third kappa shape index (κ3) is 6.18. The summed E-state index contributed by atoms with van der Waals surface area (Å²) in [5.74, 6) is 1.99. The molecule has 0 aromatic carbocycles. The van der Waals surface area contributed by atoms with E-state index in [1.807, 2.05) is 12.1 Å². The highest BCUT2D eigenvalue weighted by Gasteiger charge is 2.23. The van der Waals surface area contributed by atoms with Crippen LogP contribution in [0.4, 0.5) is 5.82 Å². The van der Waals surface area contributed by atoms with E-state index in [4.69, 9.17) is 0 Å². The number of carbonyl (C=O) groups is 1. The van der Waals surface area contributed by atoms with Crippen LogP contribution in [0.1, 0.15) is 56.3 Å². The van der Waals surface area contributed by atoms with E-state index in [1.165, 1.54) is 0 Å². The zero-order valence-electron chi connectivity index (χ0n) is 16.7. The number of hydrogen-bond donors (Lipinski definition) is 3. The average Bonchev–Trinajstić information content (AvgIpc) is 3.09. The minimum Gasteiger partial charge on any atom is -0.393 e. The van der Waals surface area contributed by atoms with Crippen molar-refractivity contribution in [3.63, 3.8) is 0 Å². The number of hydrogen-bond acceptors (Lipinski definition) is 5. The maximum Gasteiger partial charge on any atom is 0.252 e. The van der Waals surface area contributed by atoms with Gasteiger partial charge in [-0.05, 0) is 62.6 Å². The number of nitrogens with one attached hydrogen (secondary N) is 2. The Balaban J connectivity index is 1.41. The quantitative estimate of drug-likeness (QED) is 0.684. The second-order valence-corrected chi connectivity index (χ2v) is 8.60. The summed E-state index contributed by atoms with van der Waals surface area (Å²) >= 11 is 0. The summed E-state index contributed by atoms with van der Waals surface area (Å²) in [6.45, 7) is 8.59. The third-order valence-corrected chi connectivity index (χ3v) is 5.62. The van der Waals surface area contributed by atoms with E-state index in [2.05, 4.69) is 34.4 Å². The molecule has 1 aromatic heterocycles. The van der Waals surface area contributed by atoms with Gasteiger partial charge in [0, 0.05) is 31.9 Å². The maximum absolute atomic E-state index is 12.4. The molecule has 1 amide bonds. The van der Waals surface area contributed by atoms with E-state index < -0.39 is 0 Å². The zero-order chi connectivity index (χ0) is 19.2. The topological polar surface area (TPSA) is 77.5 Å². The highest BCUT2D eigenvalue weighted by atomic mass is 16.3. The molecular formula is C21H34N4O2. The lowest BCUT2D eigenvalue weighted by Crippen LogP contribution is -2.32. The molecule has 2 heterocycles. The van der Waals surface area contributed by atoms with E-state index in [-0.39, 0.29) is 12.0 Å². The summed E-state index contributed by atoms with van der Waals surface area (Å²) in [4.78, 5) is 19.3. The summed E-state index contributed by atoms with van der Waals surface area (Å²) in [6, 6.07) is 4.07. The van der Waals surface area contributed by atoms with E-state index in [0.717, 1.165) is 64.1 Å². The Bertz CT molecular complexity index is 597. The monoisotopic (exact) mass is 374 g/mol. The zero-order valence-corrected chi connectivity index (χ0v) is 16.7. The van der Waals surface area contributed by atoms with Crippen molar-refractivity contribution in [1.82, 2.24) is 15.2 Å². The van der Waals surface area contributed by atoms with Crippen LogP contribution in [-0.4, -0.2) is 59.2 Å². The van der Waals surface area contributed by atoms with Crippen LogP contribution in [0.15, 0.2) is 18.3 Å². The van der Waals surface area contributed by atoms with Crippen molar-refractivity contribution in [3.8, 4) is 0 Å². The fraction of sp³-hybridized carbons (Fsp3) is 0.714. The molecule has 150 valence electrons. The van der Waals surface area contributed by atoms with Gasteiger partial charge in [0.2, 0.25) is 0 Å². The molecule has 0 spiro atoms. The number of aliphatic hydroxyl groups excluding tert-OH is 1. The van der Waals surface area contributed by atoms with Crippen molar-refractivity contribution in [2.75, 3.05) is 31.5 Å². The summed E-state index contributed by atoms with van der Waals surface area (Å²) in [5.41, 5.74) is 0.608. The van der Waals surface area contributed by atoms with E-state index in [0.29, 0.717) is 23.4 Å². The largest absolute Gasteiger partial charge is 0.393 e. The number of carbonyl (C=O) groups excluding carboxylic acids is 1. The highest BCUT2D eigenvalue weighted by molar-refractivity contribution is 5.94. The SMILES string of the molecule is CC(C)CN1CC[C@@H](CNC(=O)c2ccc(NC3CCC(O)CC3)nc2)C1. The number of aliphatic hydroxyl groups is 1. The molecule has 6 heteroatoms. The predicted octanol–water partition coefficient (Wildman–Crippen LogP) is 2.50. The molecular weight excluding hydrogens is 340 g/mol. The lowest BCUT2D eigenvalue weighted by atomic mass is 9.93. The molecule has 3 N–H and O–H groups in total. The Morgan fingerprint density at radius 1 is 1.26 bits per heavy atom. The van der Waals surface area contributed by atoms with Gasteiger partial charge in [0.1, 0.15) is 5.82 Å². The Morgan fingerprint density at radius 2 is 2.04 bits per heavy atom. The van der Waals surface area contributed by atoms with Crippen molar-refractivity contribution in [2.45, 2.75) is 58.1 Å². The fourth-order valence-electron chi connectivity index (χ4n) is 4.14. The molecule has 1 saturated heterocycles. The normalized spacial score (nSPS) is 26.3. The van der Waals surface area contributed by atoms with Gasteiger partial charge in [-0.3, -0.25) is 4.79 Å². The van der Waals surface area contributed by atoms with Gasteiger partial charge in [-0.1, -0.05) is 13.8 Å². The number of likely N-dealkylation sites (tertiary alicyclic amines) is 1. The fourth-order valence-corrected chi connectivity index (χ4v) is 4.14. The molecule has 1 aliphatic heterocycles. The molecule has 0 unspecified atom stereocenters. The summed E-state index contributed by atoms with van der Waals surface area (Å²) in [5, 5.41) is 16.1. The second-order valence-electron chi connectivity index (χ2n) is 8.60. The predicted molar refractivity (Wildman–Crippen MR) is 108 cm³/mol. The highest BCUT2D eigenvalue weighted by Crippen LogP contribution is 2.21. The van der Waals surface area contributed by atoms with Crippen LogP contribution in [-0.2, 0) is 0 Å². The van der Waals surface area contributed by atoms with Crippen LogP contribution >= 0.6 is 0 Å². The van der Waals surface area contributed by atoms with Crippen LogP contribution in [0.25, 0.3) is 0 Å². The van der Waals surface area contributed by atoms with Crippen LogP contribution in [0.2, 0.25) is 0 Å². The Kier molecular flexibility index (Phi) is 7.07. The molecule has 2 fully saturated rings. The molecule has 3 rings (SSSR count). The van der Waals surface area contributed by atoms with Gasteiger partial charge in [-0.25, -0.2) is 4.98 Å². The van der Waals surface area contributed by atoms with Crippen molar-refractivity contribution >= 4 is 11.7 Å². The van der Waals surface area contributed by atoms with Gasteiger partial charge in [-0.2, -0.15) is 0 Å². The number of nitrogens with zero attached hydrogens (tertiary/aromatic N) is 2. The molecule has 1 saturated carbocycles. The molecule has 1 atom stereocenters. The molecule has 0 radical (unpaired) electrons. The number of amides is 1. The lowest BCUT2D eigenvalue weighted by molar-refractivity contribution is 0.0946. The first-order chi connectivity index (χ1) is 13.0. The maximum atomic E-state index is 12.4. The number of aromatic nitrogens is 1. The number of pyridine rings is 1. The molecule has 2 aliphatic rings. The van der Waals surface area contributed by atoms with E-state index in [9.17, 15) is 9.90 Å². The summed E-state index contributed by atoms with van der Waals surface area (Å²) in [7, 11) is 0. The second kappa shape index (κ2) is 9.51. The van der Waals surface area contributed by atoms with Crippen molar-refractivity contribution in [3.05, 3.63) is 23.9 Å². The molecule has 1 aromatic rings. The molecule has 27 heavy (non-hydrogen) atoms. The van der Waals surface area contributed by atoms with E-state index >= 15 is 0 Å². The molecule has 0 bridgehead atoms. The van der Waals surface area contributed by atoms with Gasteiger partial charge >= 0.3 is 0 Å². The van der Waals surface area contributed by atoms with Crippen molar-refractivity contribution in [1.29, 1.82) is 0 Å². The third-order valence-electron chi connectivity index (χ3n) is 5.62. The summed E-state index contributed by atoms with van der Waals surface area (Å²) in [6.07, 6.45) is 6.25. The van der Waals surface area contributed by atoms with Crippen LogP contribution in [0.5, 0.6) is 0 Å². The minimum absolute atomic E-state index is 0.0443. The molecule has 1 aliphatic carbocycles. The van der Waals surface area contributed by atoms with Crippen molar-refractivity contribution in [2.24, 2.45) is 11.8 Å². The molecule has 6 nitrogen and oxygen atoms in total. The summed E-state index contributed by atoms with van der Waals surface area (Å²) < 4.78 is 0. The van der Waals surface area contributed by atoms with Gasteiger partial charge in [0.05, 0.1) is 11.7 Å². The minimum atomic E-state index is -0.153. The van der Waals surface area contributed by atoms with Gasteiger partial charge < -0.3 is 20.6 Å². The first kappa shape index (κ1) is 20.1. The number of rotatable bonds is 7. The first-order valence-electron chi connectivity index (χ1n) is 10.4. The number of anilines is 1. The Hall–Kier alpha value is -1.66. The van der Waals surface area contributed by atoms with Crippen molar-refractivity contribution < 1.29 is 9.90 Å². The van der Waals surface area contributed by atoms with E-state index in [1.54, 1.807) is 6.20 Å². The standard InChI is InChI=1S/C21H34N4O2/c1-15(2)13-25-10-9-16(14-25)11-23-21(27)17-3-8-20(22-12-17)24-18-4-6-19(26)7-5-18/h3,8,12,15-16,18-19,26H,4-7,9-11,13-14H2,1-2H3,(H,22,24)(H,23,27)/t16-,18?,19?/m0/s1. The smallest absolute Gasteiger partial charge is 0.252 e. The van der Waals surface area contributed by atoms with Crippen LogP contribution < -0.4 is 10.6 Å². The Labute approximate surface area is 162 Å². The van der Waals surface area contributed by atoms with Gasteiger partial charge in [0.25, 0.3) is 5.91 Å². The van der Waals surface area contributed by atoms with Crippen LogP contribution in [0.3, 0.4) is 0 Å². The lowest BCUT2D eigenvalue weighted by Gasteiger charge is -2.26. The average molecular weight is 375 g/mol. The van der Waals surface area contributed by atoms with Crippen LogP contribution in [0, 0.1) is 11.8 Å². The van der Waals surface area contributed by atoms with Gasteiger partial charge in [0.15, 0.2) is 0 Å². The first-order valence-corrected chi connectivity index (χ1v) is 10.4. The Morgan fingerprint density at radius 3 is 2.70 bits per heavy atom. The van der Waals surface area contributed by atoms with Gasteiger partial charge in [-0.15, -0.1) is 0 Å².